The number of nitrogens with zero attached hydrogens (tertiary/aromatic N) is 2. The summed E-state index contributed by atoms with van der Waals surface area (Å²) in [5.41, 5.74) is 5.85. The Balaban J connectivity index is 2.33. The van der Waals surface area contributed by atoms with Gasteiger partial charge in [-0.2, -0.15) is 18.3 Å². The molecule has 18 heavy (non-hydrogen) atoms. The molecule has 0 radical (unpaired) electrons. The number of benzene rings is 1. The number of alkyl halides is 3. The van der Waals surface area contributed by atoms with Crippen LogP contribution in [0, 0.1) is 6.92 Å². The molecule has 2 aromatic rings. The maximum absolute atomic E-state index is 12.8. The molecule has 96 valence electrons. The highest BCUT2D eigenvalue weighted by Gasteiger charge is 2.37. The van der Waals surface area contributed by atoms with Crippen LogP contribution in [0.3, 0.4) is 0 Å². The van der Waals surface area contributed by atoms with Gasteiger partial charge in [-0.3, -0.25) is 4.68 Å². The lowest BCUT2D eigenvalue weighted by molar-refractivity contribution is -0.143. The number of anilines is 1. The summed E-state index contributed by atoms with van der Waals surface area (Å²) in [4.78, 5) is 0. The summed E-state index contributed by atoms with van der Waals surface area (Å²) in [6.07, 6.45) is -3.47. The zero-order valence-corrected chi connectivity index (χ0v) is 9.70. The van der Waals surface area contributed by atoms with Crippen molar-refractivity contribution >= 4 is 5.69 Å². The Kier molecular flexibility index (Phi) is 3.02. The molecule has 0 fully saturated rings. The van der Waals surface area contributed by atoms with Crippen LogP contribution in [0.5, 0.6) is 0 Å². The maximum atomic E-state index is 12.8. The molecule has 0 atom stereocenters. The average molecular weight is 255 g/mol. The first-order valence-electron chi connectivity index (χ1n) is 5.32. The summed E-state index contributed by atoms with van der Waals surface area (Å²) in [7, 11) is 0. The number of hydrogen-bond donors (Lipinski definition) is 1. The monoisotopic (exact) mass is 255 g/mol. The van der Waals surface area contributed by atoms with Gasteiger partial charge in [-0.25, -0.2) is 0 Å². The quantitative estimate of drug-likeness (QED) is 0.896. The Hall–Kier alpha value is -1.98. The van der Waals surface area contributed by atoms with Crippen LogP contribution >= 0.6 is 0 Å². The van der Waals surface area contributed by atoms with Crippen LogP contribution in [-0.2, 0) is 12.7 Å². The minimum atomic E-state index is -4.49. The molecule has 0 saturated heterocycles. The van der Waals surface area contributed by atoms with Crippen LogP contribution in [0.1, 0.15) is 16.8 Å². The van der Waals surface area contributed by atoms with E-state index in [-0.39, 0.29) is 12.2 Å². The molecule has 0 amide bonds. The third kappa shape index (κ3) is 2.47. The number of aryl methyl sites for hydroxylation is 1. The van der Waals surface area contributed by atoms with Crippen molar-refractivity contribution in [2.24, 2.45) is 0 Å². The lowest BCUT2D eigenvalue weighted by Gasteiger charge is -2.11. The number of aromatic nitrogens is 2. The van der Waals surface area contributed by atoms with Crippen molar-refractivity contribution < 1.29 is 13.2 Å². The van der Waals surface area contributed by atoms with Crippen molar-refractivity contribution in [3.05, 3.63) is 47.3 Å². The first-order valence-corrected chi connectivity index (χ1v) is 5.32. The second-order valence-corrected chi connectivity index (χ2v) is 4.09. The molecule has 6 heteroatoms. The largest absolute Gasteiger partial charge is 0.435 e. The molecular weight excluding hydrogens is 243 g/mol. The number of nitrogens with two attached hydrogens (primary N) is 1. The fraction of sp³-hybridized carbons (Fsp3) is 0.250. The molecule has 2 N–H and O–H groups in total. The predicted molar refractivity (Wildman–Crippen MR) is 61.9 cm³/mol. The van der Waals surface area contributed by atoms with Crippen molar-refractivity contribution in [1.82, 2.24) is 9.78 Å². The second-order valence-electron chi connectivity index (χ2n) is 4.09. The molecule has 0 saturated carbocycles. The van der Waals surface area contributed by atoms with Gasteiger partial charge in [0.2, 0.25) is 0 Å². The minimum absolute atomic E-state index is 0.0479. The third-order valence-electron chi connectivity index (χ3n) is 2.59. The minimum Gasteiger partial charge on any atom is -0.396 e. The highest BCUT2D eigenvalue weighted by Crippen LogP contribution is 2.33. The van der Waals surface area contributed by atoms with E-state index in [9.17, 15) is 13.2 Å². The summed E-state index contributed by atoms with van der Waals surface area (Å²) in [5, 5.41) is 3.67. The molecular formula is C12H12F3N3. The Bertz CT molecular complexity index is 541. The van der Waals surface area contributed by atoms with Crippen LogP contribution in [0.2, 0.25) is 0 Å². The van der Waals surface area contributed by atoms with Gasteiger partial charge >= 0.3 is 6.18 Å². The van der Waals surface area contributed by atoms with Crippen molar-refractivity contribution in [1.29, 1.82) is 0 Å². The molecule has 0 aliphatic carbocycles. The van der Waals surface area contributed by atoms with Crippen molar-refractivity contribution in [3.63, 3.8) is 0 Å². The molecule has 0 aliphatic rings. The summed E-state index contributed by atoms with van der Waals surface area (Å²) < 4.78 is 39.2. The maximum Gasteiger partial charge on any atom is 0.435 e. The highest BCUT2D eigenvalue weighted by molar-refractivity contribution is 5.43. The summed E-state index contributed by atoms with van der Waals surface area (Å²) >= 11 is 0. The molecule has 1 aromatic heterocycles. The first kappa shape index (κ1) is 12.5. The average Bonchev–Trinajstić information content (AvgIpc) is 2.63. The molecule has 1 heterocycles. The van der Waals surface area contributed by atoms with E-state index in [2.05, 4.69) is 5.10 Å². The lowest BCUT2D eigenvalue weighted by Crippen LogP contribution is -2.17. The van der Waals surface area contributed by atoms with Gasteiger partial charge in [0.1, 0.15) is 0 Å². The van der Waals surface area contributed by atoms with Gasteiger partial charge in [0, 0.05) is 0 Å². The van der Waals surface area contributed by atoms with Gasteiger partial charge in [-0.05, 0) is 12.5 Å². The summed E-state index contributed by atoms with van der Waals surface area (Å²) in [5.74, 6) is 0. The lowest BCUT2D eigenvalue weighted by atomic mass is 10.1. The molecule has 2 rings (SSSR count). The van der Waals surface area contributed by atoms with Crippen LogP contribution < -0.4 is 5.73 Å². The van der Waals surface area contributed by atoms with Crippen LogP contribution in [0.4, 0.5) is 18.9 Å². The van der Waals surface area contributed by atoms with Gasteiger partial charge in [-0.15, -0.1) is 0 Å². The Labute approximate surface area is 102 Å². The van der Waals surface area contributed by atoms with Crippen molar-refractivity contribution in [2.75, 3.05) is 5.73 Å². The molecule has 0 spiro atoms. The van der Waals surface area contributed by atoms with E-state index in [4.69, 9.17) is 5.73 Å². The van der Waals surface area contributed by atoms with Crippen LogP contribution in [0.25, 0.3) is 0 Å². The standard InChI is InChI=1S/C12H12F3N3/c1-8-2-4-9(5-3-8)7-18-11(12(13,14)15)10(16)6-17-18/h2-6H,7,16H2,1H3. The number of nitrogen functional groups attached to an aromatic ring is 1. The van der Waals surface area contributed by atoms with E-state index in [0.717, 1.165) is 22.0 Å². The summed E-state index contributed by atoms with van der Waals surface area (Å²) in [6.45, 7) is 1.96. The fourth-order valence-corrected chi connectivity index (χ4v) is 1.70. The number of rotatable bonds is 2. The fourth-order valence-electron chi connectivity index (χ4n) is 1.70. The second kappa shape index (κ2) is 4.36. The Morgan fingerprint density at radius 3 is 2.39 bits per heavy atom. The topological polar surface area (TPSA) is 43.8 Å². The predicted octanol–water partition coefficient (Wildman–Crippen LogP) is 2.84. The first-order chi connectivity index (χ1) is 8.38. The normalized spacial score (nSPS) is 11.8. The van der Waals surface area contributed by atoms with E-state index < -0.39 is 11.9 Å². The molecule has 0 bridgehead atoms. The van der Waals surface area contributed by atoms with E-state index in [1.54, 1.807) is 12.1 Å². The van der Waals surface area contributed by atoms with E-state index in [0.29, 0.717) is 0 Å². The molecule has 1 aromatic carbocycles. The Morgan fingerprint density at radius 2 is 1.83 bits per heavy atom. The van der Waals surface area contributed by atoms with Crippen molar-refractivity contribution in [2.45, 2.75) is 19.6 Å². The number of hydrogen-bond acceptors (Lipinski definition) is 2. The smallest absolute Gasteiger partial charge is 0.396 e. The molecule has 0 aliphatic heterocycles. The third-order valence-corrected chi connectivity index (χ3v) is 2.59. The molecule has 0 unspecified atom stereocenters. The van der Waals surface area contributed by atoms with Gasteiger partial charge in [0.15, 0.2) is 5.69 Å². The zero-order chi connectivity index (χ0) is 13.3. The van der Waals surface area contributed by atoms with Crippen LogP contribution in [-0.4, -0.2) is 9.78 Å². The van der Waals surface area contributed by atoms with E-state index in [1.807, 2.05) is 19.1 Å². The van der Waals surface area contributed by atoms with Gasteiger partial charge in [0.25, 0.3) is 0 Å². The van der Waals surface area contributed by atoms with Crippen LogP contribution in [0.15, 0.2) is 30.5 Å². The van der Waals surface area contributed by atoms with Gasteiger partial charge < -0.3 is 5.73 Å². The number of halogens is 3. The summed E-state index contributed by atoms with van der Waals surface area (Å²) in [6, 6.07) is 7.23. The van der Waals surface area contributed by atoms with Crippen molar-refractivity contribution in [3.8, 4) is 0 Å². The van der Waals surface area contributed by atoms with Gasteiger partial charge in [0.05, 0.1) is 18.4 Å². The highest BCUT2D eigenvalue weighted by atomic mass is 19.4. The zero-order valence-electron chi connectivity index (χ0n) is 9.70. The molecule has 3 nitrogen and oxygen atoms in total. The SMILES string of the molecule is Cc1ccc(Cn2ncc(N)c2C(F)(F)F)cc1. The van der Waals surface area contributed by atoms with E-state index >= 15 is 0 Å². The Morgan fingerprint density at radius 1 is 1.22 bits per heavy atom. The van der Waals surface area contributed by atoms with Gasteiger partial charge in [-0.1, -0.05) is 29.8 Å². The van der Waals surface area contributed by atoms with E-state index in [1.165, 1.54) is 0 Å².